The average molecular weight is 544 g/mol. The summed E-state index contributed by atoms with van der Waals surface area (Å²) in [7, 11) is -4.11. The number of carbonyl (C=O) groups excluding carboxylic acids is 2. The Morgan fingerprint density at radius 2 is 1.76 bits per heavy atom. The molecule has 0 fully saturated rings. The van der Waals surface area contributed by atoms with E-state index in [1.54, 1.807) is 71.1 Å². The van der Waals surface area contributed by atoms with Crippen molar-refractivity contribution in [3.8, 4) is 0 Å². The summed E-state index contributed by atoms with van der Waals surface area (Å²) >= 11 is 0. The highest BCUT2D eigenvalue weighted by Gasteiger charge is 2.32. The highest BCUT2D eigenvalue weighted by Crippen LogP contribution is 2.22. The van der Waals surface area contributed by atoms with Crippen molar-refractivity contribution in [1.29, 1.82) is 0 Å². The molecule has 3 rings (SSSR count). The number of benzene rings is 2. The molecule has 4 N–H and O–H groups in total. The van der Waals surface area contributed by atoms with Crippen LogP contribution in [0.3, 0.4) is 0 Å². The number of nitrogens with two attached hydrogens (primary N) is 1. The van der Waals surface area contributed by atoms with E-state index in [0.717, 1.165) is 22.9 Å². The second-order valence-corrected chi connectivity index (χ2v) is 12.1. The largest absolute Gasteiger partial charge is 0.459 e. The maximum atomic E-state index is 13.4. The van der Waals surface area contributed by atoms with Gasteiger partial charge in [0.25, 0.3) is 5.91 Å². The van der Waals surface area contributed by atoms with Gasteiger partial charge >= 0.3 is 5.97 Å². The van der Waals surface area contributed by atoms with E-state index in [1.165, 1.54) is 0 Å². The number of esters is 1. The number of ether oxygens (including phenoxy) is 1. The summed E-state index contributed by atoms with van der Waals surface area (Å²) in [6.07, 6.45) is 2.45. The summed E-state index contributed by atoms with van der Waals surface area (Å²) in [5, 5.41) is 7.80. The van der Waals surface area contributed by atoms with Crippen molar-refractivity contribution in [3.05, 3.63) is 58.8 Å². The number of nitrogens with one attached hydrogen (secondary N) is 2. The van der Waals surface area contributed by atoms with Gasteiger partial charge in [-0.1, -0.05) is 17.7 Å². The first-order chi connectivity index (χ1) is 17.7. The highest BCUT2D eigenvalue weighted by atomic mass is 32.2. The van der Waals surface area contributed by atoms with Crippen LogP contribution in [0.2, 0.25) is 0 Å². The fourth-order valence-corrected chi connectivity index (χ4v) is 5.96. The van der Waals surface area contributed by atoms with Crippen LogP contribution in [0.25, 0.3) is 10.9 Å². The number of amides is 1. The van der Waals surface area contributed by atoms with E-state index in [4.69, 9.17) is 10.5 Å². The first-order valence-electron chi connectivity index (χ1n) is 12.5. The van der Waals surface area contributed by atoms with E-state index < -0.39 is 33.5 Å². The van der Waals surface area contributed by atoms with Gasteiger partial charge in [0.15, 0.2) is 0 Å². The monoisotopic (exact) mass is 543 g/mol. The number of fused-ring (bicyclic) bond motifs is 1. The molecule has 0 aliphatic heterocycles. The summed E-state index contributed by atoms with van der Waals surface area (Å²) < 4.78 is 36.4. The van der Waals surface area contributed by atoms with Gasteiger partial charge in [0, 0.05) is 24.0 Å². The molecular weight excluding hydrogens is 506 g/mol. The SMILES string of the molecule is Cc1cc(C)c(S(=O)(=O)N[C@@H](CNC(=O)c2ccc3c(cnn3CCCN)c2)C(=O)OC(C)(C)C)c(C)c1. The molecule has 1 amide bonds. The summed E-state index contributed by atoms with van der Waals surface area (Å²) in [6, 6.07) is 7.34. The Balaban J connectivity index is 1.82. The molecule has 38 heavy (non-hydrogen) atoms. The molecule has 11 heteroatoms. The Morgan fingerprint density at radius 1 is 1.11 bits per heavy atom. The minimum absolute atomic E-state index is 0.0973. The third kappa shape index (κ3) is 7.18. The molecule has 1 aromatic heterocycles. The molecule has 3 aromatic rings. The predicted molar refractivity (Wildman–Crippen MR) is 146 cm³/mol. The third-order valence-corrected chi connectivity index (χ3v) is 7.58. The molecule has 0 bridgehead atoms. The number of carbonyl (C=O) groups is 2. The van der Waals surface area contributed by atoms with E-state index in [2.05, 4.69) is 15.1 Å². The smallest absolute Gasteiger partial charge is 0.326 e. The van der Waals surface area contributed by atoms with Gasteiger partial charge in [-0.05, 0) is 83.8 Å². The molecule has 206 valence electrons. The van der Waals surface area contributed by atoms with Crippen LogP contribution < -0.4 is 15.8 Å². The number of aryl methyl sites for hydroxylation is 4. The Kier molecular flexibility index (Phi) is 8.96. The quantitative estimate of drug-likeness (QED) is 0.333. The van der Waals surface area contributed by atoms with Crippen LogP contribution in [-0.4, -0.2) is 54.8 Å². The van der Waals surface area contributed by atoms with Crippen molar-refractivity contribution in [2.45, 2.75) is 71.0 Å². The highest BCUT2D eigenvalue weighted by molar-refractivity contribution is 7.89. The van der Waals surface area contributed by atoms with Crippen LogP contribution in [0.5, 0.6) is 0 Å². The van der Waals surface area contributed by atoms with E-state index >= 15 is 0 Å². The zero-order chi connectivity index (χ0) is 28.3. The molecule has 1 atom stereocenters. The maximum absolute atomic E-state index is 13.4. The van der Waals surface area contributed by atoms with Gasteiger partial charge < -0.3 is 15.8 Å². The lowest BCUT2D eigenvalue weighted by molar-refractivity contribution is -0.156. The minimum Gasteiger partial charge on any atom is -0.459 e. The molecule has 0 unspecified atom stereocenters. The molecule has 2 aromatic carbocycles. The van der Waals surface area contributed by atoms with Gasteiger partial charge in [-0.15, -0.1) is 0 Å². The topological polar surface area (TPSA) is 145 Å². The standard InChI is InChI=1S/C27H37N5O5S/c1-17-12-18(2)24(19(3)13-17)38(35,36)31-22(26(34)37-27(4,5)6)16-29-25(33)20-8-9-23-21(14-20)15-30-32(23)11-7-10-28/h8-9,12-15,22,31H,7,10-11,16,28H2,1-6H3,(H,29,33)/t22-/m0/s1. The van der Waals surface area contributed by atoms with Crippen LogP contribution in [0.15, 0.2) is 41.4 Å². The number of rotatable bonds is 10. The van der Waals surface area contributed by atoms with Crippen molar-refractivity contribution < 1.29 is 22.7 Å². The number of nitrogens with zero attached hydrogens (tertiary/aromatic N) is 2. The van der Waals surface area contributed by atoms with Crippen LogP contribution in [0, 0.1) is 20.8 Å². The lowest BCUT2D eigenvalue weighted by atomic mass is 10.1. The van der Waals surface area contributed by atoms with Crippen molar-refractivity contribution in [2.75, 3.05) is 13.1 Å². The van der Waals surface area contributed by atoms with Gasteiger partial charge in [-0.2, -0.15) is 9.82 Å². The summed E-state index contributed by atoms with van der Waals surface area (Å²) in [5.74, 6) is -1.25. The molecule has 0 radical (unpaired) electrons. The maximum Gasteiger partial charge on any atom is 0.326 e. The molecule has 0 aliphatic rings. The van der Waals surface area contributed by atoms with Crippen molar-refractivity contribution in [1.82, 2.24) is 19.8 Å². The predicted octanol–water partition coefficient (Wildman–Crippen LogP) is 2.73. The van der Waals surface area contributed by atoms with Crippen molar-refractivity contribution in [3.63, 3.8) is 0 Å². The van der Waals surface area contributed by atoms with Crippen LogP contribution in [0.1, 0.15) is 54.2 Å². The normalized spacial score (nSPS) is 12.9. The fourth-order valence-electron chi connectivity index (χ4n) is 4.33. The number of hydrogen-bond donors (Lipinski definition) is 3. The number of hydrogen-bond acceptors (Lipinski definition) is 7. The molecule has 1 heterocycles. The van der Waals surface area contributed by atoms with E-state index in [9.17, 15) is 18.0 Å². The second-order valence-electron chi connectivity index (χ2n) is 10.4. The first kappa shape index (κ1) is 29.3. The van der Waals surface area contributed by atoms with Crippen molar-refractivity contribution in [2.24, 2.45) is 5.73 Å². The van der Waals surface area contributed by atoms with Gasteiger partial charge in [0.2, 0.25) is 10.0 Å². The third-order valence-electron chi connectivity index (χ3n) is 5.81. The Labute approximate surface area is 224 Å². The Hall–Kier alpha value is -3.28. The summed E-state index contributed by atoms with van der Waals surface area (Å²) in [4.78, 5) is 26.1. The first-order valence-corrected chi connectivity index (χ1v) is 14.0. The van der Waals surface area contributed by atoms with Gasteiger partial charge in [-0.3, -0.25) is 14.3 Å². The lowest BCUT2D eigenvalue weighted by Crippen LogP contribution is -2.50. The molecule has 0 saturated heterocycles. The fraction of sp³-hybridized carbons (Fsp3) is 0.444. The van der Waals surface area contributed by atoms with Crippen LogP contribution >= 0.6 is 0 Å². The zero-order valence-electron chi connectivity index (χ0n) is 22.8. The van der Waals surface area contributed by atoms with Crippen molar-refractivity contribution >= 4 is 32.8 Å². The van der Waals surface area contributed by atoms with E-state index in [0.29, 0.717) is 29.8 Å². The van der Waals surface area contributed by atoms with Crippen LogP contribution in [0.4, 0.5) is 0 Å². The zero-order valence-corrected chi connectivity index (χ0v) is 23.6. The Bertz CT molecular complexity index is 1420. The van der Waals surface area contributed by atoms with Gasteiger partial charge in [-0.25, -0.2) is 8.42 Å². The summed E-state index contributed by atoms with van der Waals surface area (Å²) in [6.45, 7) is 11.3. The van der Waals surface area contributed by atoms with E-state index in [-0.39, 0.29) is 11.4 Å². The number of aromatic nitrogens is 2. The van der Waals surface area contributed by atoms with Gasteiger partial charge in [0.05, 0.1) is 16.6 Å². The Morgan fingerprint density at radius 3 is 2.37 bits per heavy atom. The molecule has 10 nitrogen and oxygen atoms in total. The number of sulfonamides is 1. The molecule has 0 aliphatic carbocycles. The minimum atomic E-state index is -4.11. The van der Waals surface area contributed by atoms with Gasteiger partial charge in [0.1, 0.15) is 11.6 Å². The van der Waals surface area contributed by atoms with Crippen LogP contribution in [-0.2, 0) is 26.1 Å². The molecule has 0 spiro atoms. The van der Waals surface area contributed by atoms with E-state index in [1.807, 2.05) is 11.6 Å². The lowest BCUT2D eigenvalue weighted by Gasteiger charge is -2.25. The molecular formula is C27H37N5O5S. The summed E-state index contributed by atoms with van der Waals surface area (Å²) in [5.41, 5.74) is 8.01. The molecule has 0 saturated carbocycles. The average Bonchev–Trinajstić information content (AvgIpc) is 3.20. The second kappa shape index (κ2) is 11.6.